The molecular formula is C16H19N3O. The van der Waals surface area contributed by atoms with Crippen LogP contribution < -0.4 is 10.6 Å². The molecule has 4 nitrogen and oxygen atoms in total. The number of benzene rings is 1. The Morgan fingerprint density at radius 1 is 1.25 bits per heavy atom. The lowest BCUT2D eigenvalue weighted by Gasteiger charge is -2.40. The van der Waals surface area contributed by atoms with Crippen LogP contribution >= 0.6 is 0 Å². The Labute approximate surface area is 118 Å². The fourth-order valence-corrected chi connectivity index (χ4v) is 3.64. The quantitative estimate of drug-likeness (QED) is 0.808. The van der Waals surface area contributed by atoms with Gasteiger partial charge in [0.2, 0.25) is 0 Å². The third-order valence-corrected chi connectivity index (χ3v) is 4.60. The number of aromatic nitrogens is 1. The molecule has 1 aliphatic heterocycles. The normalized spacial score (nSPS) is 25.9. The molecule has 1 aromatic heterocycles. The Kier molecular flexibility index (Phi) is 2.77. The number of nitrogens with two attached hydrogens (primary N) is 1. The van der Waals surface area contributed by atoms with Gasteiger partial charge in [-0.15, -0.1) is 0 Å². The van der Waals surface area contributed by atoms with E-state index in [9.17, 15) is 0 Å². The summed E-state index contributed by atoms with van der Waals surface area (Å²) in [6, 6.07) is 8.67. The number of anilines is 2. The average molecular weight is 269 g/mol. The van der Waals surface area contributed by atoms with Crippen molar-refractivity contribution in [1.82, 2.24) is 4.98 Å². The molecule has 2 heterocycles. The van der Waals surface area contributed by atoms with Gasteiger partial charge >= 0.3 is 0 Å². The molecule has 20 heavy (non-hydrogen) atoms. The lowest BCUT2D eigenvalue weighted by Crippen LogP contribution is -2.48. The Hall–Kier alpha value is -1.81. The first-order valence-electron chi connectivity index (χ1n) is 7.36. The van der Waals surface area contributed by atoms with Crippen molar-refractivity contribution < 1.29 is 4.74 Å². The fraction of sp³-hybridized carbons (Fsp3) is 0.438. The number of ether oxygens (including phenoxy) is 1. The van der Waals surface area contributed by atoms with Crippen LogP contribution in [0.25, 0.3) is 10.9 Å². The van der Waals surface area contributed by atoms with Gasteiger partial charge in [0.25, 0.3) is 0 Å². The first-order valence-corrected chi connectivity index (χ1v) is 7.36. The Morgan fingerprint density at radius 2 is 2.20 bits per heavy atom. The van der Waals surface area contributed by atoms with Gasteiger partial charge < -0.3 is 15.4 Å². The highest BCUT2D eigenvalue weighted by Crippen LogP contribution is 2.37. The van der Waals surface area contributed by atoms with Gasteiger partial charge in [0, 0.05) is 18.1 Å². The number of morpholine rings is 1. The summed E-state index contributed by atoms with van der Waals surface area (Å²) in [6.45, 7) is 1.73. The second kappa shape index (κ2) is 4.63. The molecule has 4 rings (SSSR count). The largest absolute Gasteiger partial charge is 0.396 e. The molecule has 2 aliphatic rings. The zero-order chi connectivity index (χ0) is 13.5. The van der Waals surface area contributed by atoms with Crippen LogP contribution in [0.1, 0.15) is 19.3 Å². The lowest BCUT2D eigenvalue weighted by atomic mass is 10.1. The van der Waals surface area contributed by atoms with Crippen LogP contribution in [0, 0.1) is 0 Å². The third kappa shape index (κ3) is 1.75. The monoisotopic (exact) mass is 269 g/mol. The molecular weight excluding hydrogens is 250 g/mol. The van der Waals surface area contributed by atoms with Crippen molar-refractivity contribution in [1.29, 1.82) is 0 Å². The minimum atomic E-state index is 0.382. The number of nitrogens with zero attached hydrogens (tertiary/aromatic N) is 2. The van der Waals surface area contributed by atoms with Gasteiger partial charge in [-0.1, -0.05) is 0 Å². The number of nitrogen functional groups attached to an aromatic ring is 1. The van der Waals surface area contributed by atoms with E-state index in [0.717, 1.165) is 35.4 Å². The second-order valence-corrected chi connectivity index (χ2v) is 5.67. The van der Waals surface area contributed by atoms with E-state index in [0.29, 0.717) is 12.1 Å². The first-order chi connectivity index (χ1) is 9.84. The van der Waals surface area contributed by atoms with Crippen LogP contribution in [0.3, 0.4) is 0 Å². The van der Waals surface area contributed by atoms with Crippen molar-refractivity contribution in [2.24, 2.45) is 0 Å². The molecule has 0 amide bonds. The molecule has 0 bridgehead atoms. The molecule has 4 heteroatoms. The summed E-state index contributed by atoms with van der Waals surface area (Å²) < 4.78 is 5.89. The van der Waals surface area contributed by atoms with Gasteiger partial charge in [-0.05, 0) is 43.5 Å². The molecule has 2 atom stereocenters. The maximum atomic E-state index is 6.41. The molecule has 2 fully saturated rings. The summed E-state index contributed by atoms with van der Waals surface area (Å²) in [5.41, 5.74) is 9.37. The predicted molar refractivity (Wildman–Crippen MR) is 80.9 cm³/mol. The smallest absolute Gasteiger partial charge is 0.0779 e. The molecule has 0 spiro atoms. The van der Waals surface area contributed by atoms with Crippen molar-refractivity contribution in [3.8, 4) is 0 Å². The molecule has 1 aromatic carbocycles. The van der Waals surface area contributed by atoms with E-state index in [2.05, 4.69) is 22.0 Å². The summed E-state index contributed by atoms with van der Waals surface area (Å²) in [7, 11) is 0. The summed E-state index contributed by atoms with van der Waals surface area (Å²) in [5.74, 6) is 0. The molecule has 0 radical (unpaired) electrons. The summed E-state index contributed by atoms with van der Waals surface area (Å²) >= 11 is 0. The molecule has 2 N–H and O–H groups in total. The van der Waals surface area contributed by atoms with Gasteiger partial charge in [-0.25, -0.2) is 0 Å². The summed E-state index contributed by atoms with van der Waals surface area (Å²) in [5, 5.41) is 1.05. The van der Waals surface area contributed by atoms with Crippen LogP contribution in [0.4, 0.5) is 11.4 Å². The van der Waals surface area contributed by atoms with E-state index in [1.165, 1.54) is 19.3 Å². The highest BCUT2D eigenvalue weighted by atomic mass is 16.5. The molecule has 104 valence electrons. The zero-order valence-electron chi connectivity index (χ0n) is 11.5. The van der Waals surface area contributed by atoms with Gasteiger partial charge in [0.05, 0.1) is 35.6 Å². The minimum absolute atomic E-state index is 0.382. The van der Waals surface area contributed by atoms with Crippen LogP contribution in [-0.2, 0) is 4.74 Å². The predicted octanol–water partition coefficient (Wildman–Crippen LogP) is 2.57. The van der Waals surface area contributed by atoms with E-state index >= 15 is 0 Å². The number of hydrogen-bond acceptors (Lipinski definition) is 4. The molecule has 1 aliphatic carbocycles. The van der Waals surface area contributed by atoms with Gasteiger partial charge in [-0.2, -0.15) is 0 Å². The van der Waals surface area contributed by atoms with Crippen molar-refractivity contribution >= 4 is 22.3 Å². The van der Waals surface area contributed by atoms with Gasteiger partial charge in [-0.3, -0.25) is 4.98 Å². The average Bonchev–Trinajstić information content (AvgIpc) is 2.97. The van der Waals surface area contributed by atoms with E-state index in [4.69, 9.17) is 10.5 Å². The van der Waals surface area contributed by atoms with E-state index in [-0.39, 0.29) is 0 Å². The highest BCUT2D eigenvalue weighted by molar-refractivity contribution is 5.97. The van der Waals surface area contributed by atoms with Crippen LogP contribution in [0.2, 0.25) is 0 Å². The Morgan fingerprint density at radius 3 is 3.15 bits per heavy atom. The SMILES string of the molecule is Nc1c(N2CCOC3CCCC32)ccc2ncccc12. The zero-order valence-corrected chi connectivity index (χ0v) is 11.5. The highest BCUT2D eigenvalue weighted by Gasteiger charge is 2.36. The fourth-order valence-electron chi connectivity index (χ4n) is 3.64. The number of hydrogen-bond donors (Lipinski definition) is 1. The summed E-state index contributed by atoms with van der Waals surface area (Å²) in [6.07, 6.45) is 5.82. The minimum Gasteiger partial charge on any atom is -0.396 e. The maximum absolute atomic E-state index is 6.41. The van der Waals surface area contributed by atoms with Gasteiger partial charge in [0.1, 0.15) is 0 Å². The lowest BCUT2D eigenvalue weighted by molar-refractivity contribution is 0.0257. The van der Waals surface area contributed by atoms with Crippen LogP contribution in [-0.4, -0.2) is 30.3 Å². The van der Waals surface area contributed by atoms with Crippen molar-refractivity contribution in [2.75, 3.05) is 23.8 Å². The van der Waals surface area contributed by atoms with Crippen molar-refractivity contribution in [3.05, 3.63) is 30.5 Å². The standard InChI is InChI=1S/C16H19N3O/c17-16-11-3-2-8-18-12(11)6-7-14(16)19-9-10-20-15-5-1-4-13(15)19/h2-3,6-8,13,15H,1,4-5,9-10,17H2. The van der Waals surface area contributed by atoms with Crippen LogP contribution in [0.5, 0.6) is 0 Å². The maximum Gasteiger partial charge on any atom is 0.0779 e. The third-order valence-electron chi connectivity index (χ3n) is 4.60. The van der Waals surface area contributed by atoms with Crippen molar-refractivity contribution in [3.63, 3.8) is 0 Å². The number of rotatable bonds is 1. The van der Waals surface area contributed by atoms with E-state index < -0.39 is 0 Å². The van der Waals surface area contributed by atoms with E-state index in [1.807, 2.05) is 18.3 Å². The molecule has 1 saturated heterocycles. The number of fused-ring (bicyclic) bond motifs is 2. The van der Waals surface area contributed by atoms with E-state index in [1.54, 1.807) is 0 Å². The Balaban J connectivity index is 1.79. The number of pyridine rings is 1. The van der Waals surface area contributed by atoms with Crippen molar-refractivity contribution in [2.45, 2.75) is 31.4 Å². The second-order valence-electron chi connectivity index (χ2n) is 5.67. The molecule has 2 unspecified atom stereocenters. The van der Waals surface area contributed by atoms with Gasteiger partial charge in [0.15, 0.2) is 0 Å². The first kappa shape index (κ1) is 12.0. The molecule has 1 saturated carbocycles. The topological polar surface area (TPSA) is 51.4 Å². The Bertz CT molecular complexity index is 643. The molecule has 2 aromatic rings. The summed E-state index contributed by atoms with van der Waals surface area (Å²) in [4.78, 5) is 6.82. The van der Waals surface area contributed by atoms with Crippen LogP contribution in [0.15, 0.2) is 30.5 Å².